The summed E-state index contributed by atoms with van der Waals surface area (Å²) in [5, 5.41) is 13.2. The molecule has 0 saturated carbocycles. The maximum atomic E-state index is 6.05. The minimum Gasteiger partial charge on any atom is -0.494 e. The highest BCUT2D eigenvalue weighted by Gasteiger charge is 2.25. The van der Waals surface area contributed by atoms with E-state index in [1.54, 1.807) is 0 Å². The molecule has 1 aliphatic rings. The van der Waals surface area contributed by atoms with E-state index >= 15 is 0 Å². The van der Waals surface area contributed by atoms with Crippen LogP contribution >= 0.6 is 0 Å². The van der Waals surface area contributed by atoms with Crippen molar-refractivity contribution in [1.82, 2.24) is 29.5 Å². The van der Waals surface area contributed by atoms with Crippen molar-refractivity contribution in [3.8, 4) is 11.5 Å². The molecule has 0 fully saturated rings. The summed E-state index contributed by atoms with van der Waals surface area (Å²) in [6, 6.07) is 7.61. The Morgan fingerprint density at radius 2 is 1.86 bits per heavy atom. The molecule has 0 saturated heterocycles. The van der Waals surface area contributed by atoms with Crippen molar-refractivity contribution in [2.24, 2.45) is 7.05 Å². The van der Waals surface area contributed by atoms with Crippen molar-refractivity contribution >= 4 is 5.95 Å². The molecular weight excluding hydrogens is 358 g/mol. The Labute approximate surface area is 163 Å². The van der Waals surface area contributed by atoms with Gasteiger partial charge in [-0.05, 0) is 45.0 Å². The molecule has 3 heterocycles. The van der Waals surface area contributed by atoms with E-state index in [1.807, 2.05) is 61.3 Å². The van der Waals surface area contributed by atoms with Gasteiger partial charge in [-0.3, -0.25) is 4.57 Å². The van der Waals surface area contributed by atoms with Gasteiger partial charge in [0.05, 0.1) is 19.7 Å². The lowest BCUT2D eigenvalue weighted by molar-refractivity contribution is 0.212. The molecule has 0 bridgehead atoms. The highest BCUT2D eigenvalue weighted by Crippen LogP contribution is 2.25. The van der Waals surface area contributed by atoms with Crippen LogP contribution < -0.4 is 14.4 Å². The largest absolute Gasteiger partial charge is 0.494 e. The fourth-order valence-corrected chi connectivity index (χ4v) is 3.43. The summed E-state index contributed by atoms with van der Waals surface area (Å²) in [6.45, 7) is 8.76. The predicted molar refractivity (Wildman–Crippen MR) is 103 cm³/mol. The number of hydrogen-bond acceptors (Lipinski definition) is 7. The number of anilines is 1. The van der Waals surface area contributed by atoms with E-state index in [2.05, 4.69) is 25.2 Å². The smallest absolute Gasteiger partial charge is 0.227 e. The number of aryl methyl sites for hydroxylation is 1. The maximum Gasteiger partial charge on any atom is 0.227 e. The van der Waals surface area contributed by atoms with E-state index in [0.717, 1.165) is 48.0 Å². The van der Waals surface area contributed by atoms with E-state index in [1.165, 1.54) is 0 Å². The lowest BCUT2D eigenvalue weighted by Crippen LogP contribution is -2.36. The van der Waals surface area contributed by atoms with E-state index in [0.29, 0.717) is 13.2 Å². The zero-order valence-corrected chi connectivity index (χ0v) is 16.7. The SMILES string of the molecule is CCOc1ccc(OC(C)c2nnc(N3CCn4nc(C)nc4C3)n2C)cc1. The molecular formula is C19H25N7O2. The van der Waals surface area contributed by atoms with Gasteiger partial charge in [-0.2, -0.15) is 5.10 Å². The average molecular weight is 383 g/mol. The minimum absolute atomic E-state index is 0.236. The van der Waals surface area contributed by atoms with Gasteiger partial charge < -0.3 is 14.4 Å². The number of nitrogens with zero attached hydrogens (tertiary/aromatic N) is 7. The van der Waals surface area contributed by atoms with E-state index in [9.17, 15) is 0 Å². The second-order valence-corrected chi connectivity index (χ2v) is 6.80. The minimum atomic E-state index is -0.236. The Bertz CT molecular complexity index is 948. The Kier molecular flexibility index (Phi) is 4.89. The molecule has 0 N–H and O–H groups in total. The van der Waals surface area contributed by atoms with Crippen LogP contribution in [0.15, 0.2) is 24.3 Å². The number of aromatic nitrogens is 6. The molecule has 9 nitrogen and oxygen atoms in total. The normalized spacial score (nSPS) is 14.6. The Morgan fingerprint density at radius 3 is 2.61 bits per heavy atom. The van der Waals surface area contributed by atoms with Crippen LogP contribution in [0.4, 0.5) is 5.95 Å². The topological polar surface area (TPSA) is 83.1 Å². The molecule has 0 amide bonds. The van der Waals surface area contributed by atoms with Gasteiger partial charge in [-0.25, -0.2) is 9.67 Å². The molecule has 4 rings (SSSR count). The quantitative estimate of drug-likeness (QED) is 0.646. The molecule has 28 heavy (non-hydrogen) atoms. The zero-order chi connectivity index (χ0) is 19.7. The molecule has 1 aliphatic heterocycles. The molecule has 9 heteroatoms. The van der Waals surface area contributed by atoms with Crippen molar-refractivity contribution in [2.75, 3.05) is 18.1 Å². The third-order valence-electron chi connectivity index (χ3n) is 4.75. The van der Waals surface area contributed by atoms with Crippen LogP contribution in [-0.2, 0) is 20.1 Å². The molecule has 1 atom stereocenters. The van der Waals surface area contributed by atoms with Gasteiger partial charge in [0.15, 0.2) is 11.9 Å². The zero-order valence-electron chi connectivity index (χ0n) is 16.7. The molecule has 1 aromatic carbocycles. The Balaban J connectivity index is 1.47. The van der Waals surface area contributed by atoms with Gasteiger partial charge in [0.1, 0.15) is 23.1 Å². The van der Waals surface area contributed by atoms with Gasteiger partial charge in [0.25, 0.3) is 0 Å². The first-order valence-corrected chi connectivity index (χ1v) is 9.49. The third kappa shape index (κ3) is 3.51. The van der Waals surface area contributed by atoms with Gasteiger partial charge >= 0.3 is 0 Å². The van der Waals surface area contributed by atoms with Crippen LogP contribution in [0.2, 0.25) is 0 Å². The summed E-state index contributed by atoms with van der Waals surface area (Å²) in [5.41, 5.74) is 0. The first-order valence-electron chi connectivity index (χ1n) is 9.49. The highest BCUT2D eigenvalue weighted by atomic mass is 16.5. The van der Waals surface area contributed by atoms with Crippen LogP contribution in [0.5, 0.6) is 11.5 Å². The maximum absolute atomic E-state index is 6.05. The van der Waals surface area contributed by atoms with Crippen molar-refractivity contribution in [2.45, 2.75) is 40.0 Å². The Morgan fingerprint density at radius 1 is 1.11 bits per heavy atom. The molecule has 1 unspecified atom stereocenters. The summed E-state index contributed by atoms with van der Waals surface area (Å²) in [7, 11) is 1.97. The van der Waals surface area contributed by atoms with Crippen LogP contribution in [-0.4, -0.2) is 42.7 Å². The second kappa shape index (κ2) is 7.49. The summed E-state index contributed by atoms with van der Waals surface area (Å²) in [6.07, 6.45) is -0.236. The summed E-state index contributed by atoms with van der Waals surface area (Å²) < 4.78 is 15.5. The second-order valence-electron chi connectivity index (χ2n) is 6.80. The van der Waals surface area contributed by atoms with E-state index in [4.69, 9.17) is 9.47 Å². The molecule has 0 spiro atoms. The lowest BCUT2D eigenvalue weighted by Gasteiger charge is -2.27. The average Bonchev–Trinajstić information content (AvgIpc) is 3.24. The standard InChI is InChI=1S/C19H25N7O2/c1-5-27-15-6-8-16(9-7-15)28-13(2)18-21-22-19(24(18)4)25-10-11-26-17(12-25)20-14(3)23-26/h6-9,13H,5,10-12H2,1-4H3. The van der Waals surface area contributed by atoms with Gasteiger partial charge in [-0.15, -0.1) is 10.2 Å². The Hall–Kier alpha value is -3.10. The van der Waals surface area contributed by atoms with E-state index < -0.39 is 0 Å². The summed E-state index contributed by atoms with van der Waals surface area (Å²) in [4.78, 5) is 6.66. The first-order chi connectivity index (χ1) is 13.5. The van der Waals surface area contributed by atoms with Crippen molar-refractivity contribution < 1.29 is 9.47 Å². The predicted octanol–water partition coefficient (Wildman–Crippen LogP) is 2.27. The fraction of sp³-hybridized carbons (Fsp3) is 0.474. The number of benzene rings is 1. The number of hydrogen-bond donors (Lipinski definition) is 0. The van der Waals surface area contributed by atoms with Gasteiger partial charge in [-0.1, -0.05) is 0 Å². The summed E-state index contributed by atoms with van der Waals surface area (Å²) in [5.74, 6) is 4.93. The fourth-order valence-electron chi connectivity index (χ4n) is 3.43. The first kappa shape index (κ1) is 18.3. The van der Waals surface area contributed by atoms with Crippen molar-refractivity contribution in [3.63, 3.8) is 0 Å². The van der Waals surface area contributed by atoms with Crippen LogP contribution in [0.3, 0.4) is 0 Å². The lowest BCUT2D eigenvalue weighted by atomic mass is 10.3. The molecule has 3 aromatic rings. The number of fused-ring (bicyclic) bond motifs is 1. The van der Waals surface area contributed by atoms with Crippen molar-refractivity contribution in [3.05, 3.63) is 41.7 Å². The molecule has 0 radical (unpaired) electrons. The monoisotopic (exact) mass is 383 g/mol. The number of rotatable bonds is 6. The van der Waals surface area contributed by atoms with Crippen LogP contribution in [0.1, 0.15) is 37.4 Å². The molecule has 2 aromatic heterocycles. The van der Waals surface area contributed by atoms with Crippen molar-refractivity contribution in [1.29, 1.82) is 0 Å². The summed E-state index contributed by atoms with van der Waals surface area (Å²) >= 11 is 0. The van der Waals surface area contributed by atoms with Crippen LogP contribution in [0.25, 0.3) is 0 Å². The molecule has 148 valence electrons. The molecule has 0 aliphatic carbocycles. The van der Waals surface area contributed by atoms with E-state index in [-0.39, 0.29) is 6.10 Å². The number of ether oxygens (including phenoxy) is 2. The third-order valence-corrected chi connectivity index (χ3v) is 4.75. The van der Waals surface area contributed by atoms with Gasteiger partial charge in [0.2, 0.25) is 5.95 Å². The van der Waals surface area contributed by atoms with Gasteiger partial charge in [0, 0.05) is 13.6 Å². The van der Waals surface area contributed by atoms with Crippen LogP contribution in [0, 0.1) is 6.92 Å². The highest BCUT2D eigenvalue weighted by molar-refractivity contribution is 5.34.